The van der Waals surface area contributed by atoms with Gasteiger partial charge in [-0.05, 0) is 56.5 Å². The van der Waals surface area contributed by atoms with Crippen LogP contribution in [0.15, 0.2) is 53.3 Å². The topological polar surface area (TPSA) is 84.1 Å². The summed E-state index contributed by atoms with van der Waals surface area (Å²) in [5.41, 5.74) is 4.55. The van der Waals surface area contributed by atoms with Gasteiger partial charge in [0.25, 0.3) is 5.56 Å². The fourth-order valence-corrected chi connectivity index (χ4v) is 4.47. The molecule has 180 valence electrons. The average molecular weight is 472 g/mol. The smallest absolute Gasteiger partial charge is 0.265 e. The van der Waals surface area contributed by atoms with Gasteiger partial charge in [0.15, 0.2) is 11.3 Å². The first-order chi connectivity index (χ1) is 17.1. The maximum atomic E-state index is 13.7. The highest BCUT2D eigenvalue weighted by atomic mass is 16.5. The Labute approximate surface area is 203 Å². The Balaban J connectivity index is 1.64. The molecule has 0 bridgehead atoms. The first-order valence-corrected chi connectivity index (χ1v) is 12.0. The van der Waals surface area contributed by atoms with Crippen LogP contribution in [0.2, 0.25) is 0 Å². The van der Waals surface area contributed by atoms with E-state index in [1.165, 1.54) is 0 Å². The van der Waals surface area contributed by atoms with Crippen molar-refractivity contribution in [2.24, 2.45) is 0 Å². The van der Waals surface area contributed by atoms with E-state index in [2.05, 4.69) is 12.1 Å². The second kappa shape index (κ2) is 9.84. The van der Waals surface area contributed by atoms with E-state index in [0.717, 1.165) is 35.2 Å². The lowest BCUT2D eigenvalue weighted by Crippen LogP contribution is -2.25. The van der Waals surface area contributed by atoms with Crippen molar-refractivity contribution in [3.05, 3.63) is 70.3 Å². The van der Waals surface area contributed by atoms with E-state index in [0.29, 0.717) is 54.3 Å². The number of methoxy groups -OCH3 is 1. The van der Waals surface area contributed by atoms with E-state index in [1.807, 2.05) is 54.8 Å². The molecule has 0 aliphatic heterocycles. The second-order valence-electron chi connectivity index (χ2n) is 8.50. The van der Waals surface area contributed by atoms with E-state index in [1.54, 1.807) is 11.7 Å². The molecular formula is C27H29N5O3. The Morgan fingerprint density at radius 2 is 1.63 bits per heavy atom. The van der Waals surface area contributed by atoms with Crippen LogP contribution >= 0.6 is 0 Å². The van der Waals surface area contributed by atoms with Crippen molar-refractivity contribution in [3.8, 4) is 5.75 Å². The molecular weight excluding hydrogens is 442 g/mol. The van der Waals surface area contributed by atoms with Gasteiger partial charge in [-0.2, -0.15) is 0 Å². The zero-order valence-corrected chi connectivity index (χ0v) is 20.3. The number of fused-ring (bicyclic) bond motifs is 4. The maximum Gasteiger partial charge on any atom is 0.265 e. The highest BCUT2D eigenvalue weighted by Gasteiger charge is 2.21. The zero-order chi connectivity index (χ0) is 24.4. The molecule has 0 radical (unpaired) electrons. The van der Waals surface area contributed by atoms with Crippen LogP contribution in [0, 0.1) is 6.92 Å². The molecule has 0 unspecified atom stereocenters. The summed E-state index contributed by atoms with van der Waals surface area (Å²) in [6.07, 6.45) is 1.50. The molecule has 0 aliphatic carbocycles. The van der Waals surface area contributed by atoms with E-state index in [4.69, 9.17) is 24.4 Å². The Kier molecular flexibility index (Phi) is 6.46. The van der Waals surface area contributed by atoms with Gasteiger partial charge in [0.2, 0.25) is 0 Å². The van der Waals surface area contributed by atoms with E-state index < -0.39 is 0 Å². The molecule has 0 N–H and O–H groups in total. The number of para-hydroxylation sites is 2. The molecule has 0 saturated heterocycles. The van der Waals surface area contributed by atoms with Crippen molar-refractivity contribution in [1.29, 1.82) is 0 Å². The van der Waals surface area contributed by atoms with Crippen molar-refractivity contribution >= 4 is 33.2 Å². The van der Waals surface area contributed by atoms with Gasteiger partial charge >= 0.3 is 0 Å². The van der Waals surface area contributed by atoms with Crippen LogP contribution in [0.1, 0.15) is 24.7 Å². The van der Waals surface area contributed by atoms with Gasteiger partial charge in [0.05, 0.1) is 18.1 Å². The van der Waals surface area contributed by atoms with Crippen LogP contribution in [0.3, 0.4) is 0 Å². The van der Waals surface area contributed by atoms with Gasteiger partial charge in [0.1, 0.15) is 22.5 Å². The molecule has 0 saturated carbocycles. The van der Waals surface area contributed by atoms with Crippen molar-refractivity contribution in [2.45, 2.75) is 39.8 Å². The third-order valence-corrected chi connectivity index (χ3v) is 6.30. The molecule has 2 aromatic carbocycles. The maximum absolute atomic E-state index is 13.7. The van der Waals surface area contributed by atoms with Crippen LogP contribution in [0.5, 0.6) is 5.75 Å². The predicted octanol–water partition coefficient (Wildman–Crippen LogP) is 4.28. The number of hydrogen-bond acceptors (Lipinski definition) is 6. The van der Waals surface area contributed by atoms with Crippen molar-refractivity contribution in [1.82, 2.24) is 24.1 Å². The number of benzene rings is 2. The fraction of sp³-hybridized carbons (Fsp3) is 0.333. The molecule has 35 heavy (non-hydrogen) atoms. The van der Waals surface area contributed by atoms with Crippen molar-refractivity contribution in [2.75, 3.05) is 20.3 Å². The fourth-order valence-electron chi connectivity index (χ4n) is 4.47. The summed E-state index contributed by atoms with van der Waals surface area (Å²) in [7, 11) is 1.66. The number of aryl methyl sites for hydroxylation is 3. The number of hydrogen-bond donors (Lipinski definition) is 0. The largest absolute Gasteiger partial charge is 0.497 e. The van der Waals surface area contributed by atoms with Gasteiger partial charge in [-0.25, -0.2) is 15.0 Å². The Hall–Kier alpha value is -3.78. The van der Waals surface area contributed by atoms with E-state index in [9.17, 15) is 4.79 Å². The van der Waals surface area contributed by atoms with Gasteiger partial charge in [-0.15, -0.1) is 0 Å². The van der Waals surface area contributed by atoms with Gasteiger partial charge in [-0.3, -0.25) is 9.36 Å². The lowest BCUT2D eigenvalue weighted by molar-refractivity contribution is 0.141. The summed E-state index contributed by atoms with van der Waals surface area (Å²) in [6.45, 7) is 6.29. The molecule has 0 atom stereocenters. The summed E-state index contributed by atoms with van der Waals surface area (Å²) < 4.78 is 14.5. The van der Waals surface area contributed by atoms with Gasteiger partial charge in [-0.1, -0.05) is 24.3 Å². The molecule has 8 heteroatoms. The van der Waals surface area contributed by atoms with Crippen LogP contribution in [-0.2, 0) is 24.2 Å². The van der Waals surface area contributed by atoms with Gasteiger partial charge < -0.3 is 14.0 Å². The molecule has 8 nitrogen and oxygen atoms in total. The first kappa shape index (κ1) is 23.0. The number of aromatic nitrogens is 5. The molecule has 0 aliphatic rings. The Bertz CT molecular complexity index is 1550. The van der Waals surface area contributed by atoms with Crippen LogP contribution in [0.4, 0.5) is 0 Å². The quantitative estimate of drug-likeness (QED) is 0.298. The summed E-state index contributed by atoms with van der Waals surface area (Å²) in [5.74, 6) is 1.50. The predicted molar refractivity (Wildman–Crippen MR) is 137 cm³/mol. The Morgan fingerprint density at radius 1 is 0.886 bits per heavy atom. The minimum Gasteiger partial charge on any atom is -0.497 e. The van der Waals surface area contributed by atoms with Crippen LogP contribution < -0.4 is 10.3 Å². The monoisotopic (exact) mass is 471 g/mol. The molecule has 0 spiro atoms. The number of nitrogens with zero attached hydrogens (tertiary/aromatic N) is 5. The first-order valence-electron chi connectivity index (χ1n) is 12.0. The normalized spacial score (nSPS) is 11.6. The minimum absolute atomic E-state index is 0.0817. The molecule has 0 amide bonds. The zero-order valence-electron chi connectivity index (χ0n) is 20.3. The van der Waals surface area contributed by atoms with Crippen LogP contribution in [0.25, 0.3) is 33.2 Å². The van der Waals surface area contributed by atoms with Crippen molar-refractivity contribution < 1.29 is 9.47 Å². The second-order valence-corrected chi connectivity index (χ2v) is 8.50. The number of ether oxygens (including phenoxy) is 2. The van der Waals surface area contributed by atoms with E-state index >= 15 is 0 Å². The summed E-state index contributed by atoms with van der Waals surface area (Å²) >= 11 is 0. The third kappa shape index (κ3) is 4.37. The Morgan fingerprint density at radius 3 is 2.34 bits per heavy atom. The molecule has 3 heterocycles. The average Bonchev–Trinajstić information content (AvgIpc) is 3.17. The standard InChI is InChI=1S/C27H29N5O3/c1-4-35-17-7-15-31-18(2)28-25-23(27(31)33)24-26(30-22-9-6-5-8-21(22)29-24)32(25)16-14-19-10-12-20(34-3)13-11-19/h5-6,8-13H,4,7,14-17H2,1-3H3. The highest BCUT2D eigenvalue weighted by molar-refractivity contribution is 6.04. The molecule has 0 fully saturated rings. The summed E-state index contributed by atoms with van der Waals surface area (Å²) in [4.78, 5) is 28.4. The van der Waals surface area contributed by atoms with Gasteiger partial charge in [0, 0.05) is 26.3 Å². The molecule has 5 aromatic rings. The molecule has 3 aromatic heterocycles. The SMILES string of the molecule is CCOCCCn1c(C)nc2c(c1=O)c1nc3ccccc3nc1n2CCc1ccc(OC)cc1. The highest BCUT2D eigenvalue weighted by Crippen LogP contribution is 2.26. The van der Waals surface area contributed by atoms with Crippen molar-refractivity contribution in [3.63, 3.8) is 0 Å². The lowest BCUT2D eigenvalue weighted by Gasteiger charge is -2.11. The van der Waals surface area contributed by atoms with Crippen LogP contribution in [-0.4, -0.2) is 44.4 Å². The summed E-state index contributed by atoms with van der Waals surface area (Å²) in [5, 5.41) is 0.523. The molecule has 5 rings (SSSR count). The summed E-state index contributed by atoms with van der Waals surface area (Å²) in [6, 6.07) is 15.8. The van der Waals surface area contributed by atoms with E-state index in [-0.39, 0.29) is 5.56 Å². The number of rotatable bonds is 9. The minimum atomic E-state index is -0.0817. The third-order valence-electron chi connectivity index (χ3n) is 6.30. The lowest BCUT2D eigenvalue weighted by atomic mass is 10.1.